The number of nitrogens with zero attached hydrogens (tertiary/aromatic N) is 2. The normalized spacial score (nSPS) is 12.7. The zero-order chi connectivity index (χ0) is 22.9. The van der Waals surface area contributed by atoms with Crippen molar-refractivity contribution in [3.8, 4) is 5.75 Å². The van der Waals surface area contributed by atoms with E-state index >= 15 is 0 Å². The monoisotopic (exact) mass is 434 g/mol. The molecule has 1 unspecified atom stereocenters. The molecule has 0 saturated heterocycles. The summed E-state index contributed by atoms with van der Waals surface area (Å²) in [5, 5.41) is 11.7. The van der Waals surface area contributed by atoms with E-state index in [1.54, 1.807) is 18.2 Å². The van der Waals surface area contributed by atoms with Crippen LogP contribution < -0.4 is 4.74 Å². The van der Waals surface area contributed by atoms with Gasteiger partial charge >= 0.3 is 0 Å². The highest BCUT2D eigenvalue weighted by molar-refractivity contribution is 6.07. The van der Waals surface area contributed by atoms with E-state index in [4.69, 9.17) is 4.74 Å². The fraction of sp³-hybridized carbons (Fsp3) is 0.370. The average Bonchev–Trinajstić information content (AvgIpc) is 3.14. The van der Waals surface area contributed by atoms with Gasteiger partial charge in [0.2, 0.25) is 0 Å². The van der Waals surface area contributed by atoms with Crippen molar-refractivity contribution in [2.75, 3.05) is 26.7 Å². The van der Waals surface area contributed by atoms with Crippen LogP contribution in [-0.4, -0.2) is 53.2 Å². The number of ether oxygens (including phenoxy) is 1. The second kappa shape index (κ2) is 11.7. The Balaban J connectivity index is 1.74. The van der Waals surface area contributed by atoms with Gasteiger partial charge in [-0.15, -0.1) is 0 Å². The van der Waals surface area contributed by atoms with Crippen molar-refractivity contribution in [2.24, 2.45) is 0 Å². The number of aliphatic hydroxyl groups is 1. The smallest absolute Gasteiger partial charge is 0.185 e. The Morgan fingerprint density at radius 3 is 2.62 bits per heavy atom. The number of aromatic nitrogens is 1. The number of hydrogen-bond acceptors (Lipinski definition) is 4. The molecule has 1 heterocycles. The van der Waals surface area contributed by atoms with Crippen LogP contribution in [0.15, 0.2) is 60.8 Å². The molecular weight excluding hydrogens is 400 g/mol. The summed E-state index contributed by atoms with van der Waals surface area (Å²) >= 11 is 0. The van der Waals surface area contributed by atoms with E-state index < -0.39 is 6.10 Å². The van der Waals surface area contributed by atoms with Crippen LogP contribution in [0.4, 0.5) is 0 Å². The molecule has 2 aromatic carbocycles. The molecule has 3 rings (SSSR count). The van der Waals surface area contributed by atoms with Crippen molar-refractivity contribution < 1.29 is 14.6 Å². The molecule has 0 fully saturated rings. The first-order valence-electron chi connectivity index (χ1n) is 11.4. The molecule has 0 aliphatic carbocycles. The lowest BCUT2D eigenvalue weighted by atomic mass is 10.1. The Labute approximate surface area is 190 Å². The summed E-state index contributed by atoms with van der Waals surface area (Å²) < 4.78 is 7.52. The first-order chi connectivity index (χ1) is 15.5. The quantitative estimate of drug-likeness (QED) is 0.321. The summed E-state index contributed by atoms with van der Waals surface area (Å²) in [5.74, 6) is 0.706. The maximum absolute atomic E-state index is 12.6. The van der Waals surface area contributed by atoms with Gasteiger partial charge in [-0.2, -0.15) is 0 Å². The maximum Gasteiger partial charge on any atom is 0.185 e. The Kier molecular flexibility index (Phi) is 8.65. The van der Waals surface area contributed by atoms with E-state index in [2.05, 4.69) is 22.5 Å². The SMILES string of the molecule is CCCCN(C)CC(O)Cn1cc(/C=C/C(=O)c2ccc(OCC)cc2)c2ccccc21. The average molecular weight is 435 g/mol. The third kappa shape index (κ3) is 6.31. The number of carbonyl (C=O) groups is 1. The molecule has 0 saturated carbocycles. The summed E-state index contributed by atoms with van der Waals surface area (Å²) in [6.45, 7) is 6.84. The van der Waals surface area contributed by atoms with Crippen molar-refractivity contribution in [1.82, 2.24) is 9.47 Å². The number of fused-ring (bicyclic) bond motifs is 1. The number of benzene rings is 2. The highest BCUT2D eigenvalue weighted by Gasteiger charge is 2.13. The van der Waals surface area contributed by atoms with Gasteiger partial charge in [-0.1, -0.05) is 31.5 Å². The van der Waals surface area contributed by atoms with Gasteiger partial charge in [0.05, 0.1) is 12.7 Å². The minimum atomic E-state index is -0.463. The molecule has 0 radical (unpaired) electrons. The van der Waals surface area contributed by atoms with Crippen LogP contribution in [0.3, 0.4) is 0 Å². The summed E-state index contributed by atoms with van der Waals surface area (Å²) in [6.07, 6.45) is 7.30. The Hall–Kier alpha value is -2.89. The lowest BCUT2D eigenvalue weighted by Crippen LogP contribution is -2.32. The van der Waals surface area contributed by atoms with Crippen molar-refractivity contribution in [1.29, 1.82) is 0 Å². The lowest BCUT2D eigenvalue weighted by Gasteiger charge is -2.21. The number of ketones is 1. The van der Waals surface area contributed by atoms with Crippen molar-refractivity contribution >= 4 is 22.8 Å². The van der Waals surface area contributed by atoms with E-state index in [1.165, 1.54) is 0 Å². The molecule has 0 aliphatic heterocycles. The second-order valence-electron chi connectivity index (χ2n) is 8.18. The summed E-state index contributed by atoms with van der Waals surface area (Å²) in [6, 6.07) is 15.3. The zero-order valence-corrected chi connectivity index (χ0v) is 19.3. The standard InChI is InChI=1S/C27H34N2O3/c1-4-6-17-28(3)19-23(30)20-29-18-22(25-9-7-8-10-26(25)29)13-16-27(31)21-11-14-24(15-12-21)32-5-2/h7-16,18,23,30H,4-6,17,19-20H2,1-3H3/b16-13+. The van der Waals surface area contributed by atoms with Crippen LogP contribution in [0.25, 0.3) is 17.0 Å². The summed E-state index contributed by atoms with van der Waals surface area (Å²) in [4.78, 5) is 14.8. The number of unbranched alkanes of at least 4 members (excludes halogenated alkanes) is 1. The van der Waals surface area contributed by atoms with E-state index in [-0.39, 0.29) is 5.78 Å². The molecule has 0 bridgehead atoms. The first kappa shape index (κ1) is 23.8. The van der Waals surface area contributed by atoms with E-state index in [9.17, 15) is 9.90 Å². The van der Waals surface area contributed by atoms with Gasteiger partial charge in [-0.25, -0.2) is 0 Å². The third-order valence-corrected chi connectivity index (χ3v) is 5.51. The van der Waals surface area contributed by atoms with Gasteiger partial charge in [0.25, 0.3) is 0 Å². The van der Waals surface area contributed by atoms with Gasteiger partial charge in [0.15, 0.2) is 5.78 Å². The molecule has 1 N–H and O–H groups in total. The number of para-hydroxylation sites is 1. The predicted octanol–water partition coefficient (Wildman–Crippen LogP) is 5.03. The Bertz CT molecular complexity index is 1040. The van der Waals surface area contributed by atoms with Gasteiger partial charge in [0, 0.05) is 41.3 Å². The van der Waals surface area contributed by atoms with Gasteiger partial charge in [-0.05, 0) is 69.4 Å². The highest BCUT2D eigenvalue weighted by atomic mass is 16.5. The fourth-order valence-electron chi connectivity index (χ4n) is 3.87. The fourth-order valence-corrected chi connectivity index (χ4v) is 3.87. The van der Waals surface area contributed by atoms with Crippen molar-refractivity contribution in [2.45, 2.75) is 39.3 Å². The minimum Gasteiger partial charge on any atom is -0.494 e. The number of hydrogen-bond donors (Lipinski definition) is 1. The van der Waals surface area contributed by atoms with Crippen LogP contribution in [0.1, 0.15) is 42.6 Å². The molecule has 5 heteroatoms. The van der Waals surface area contributed by atoms with Gasteiger partial charge in [0.1, 0.15) is 5.75 Å². The Morgan fingerprint density at radius 1 is 1.16 bits per heavy atom. The lowest BCUT2D eigenvalue weighted by molar-refractivity contribution is 0.104. The van der Waals surface area contributed by atoms with E-state index in [0.29, 0.717) is 25.3 Å². The number of allylic oxidation sites excluding steroid dienone is 1. The Morgan fingerprint density at radius 2 is 1.91 bits per heavy atom. The van der Waals surface area contributed by atoms with Crippen LogP contribution in [0.5, 0.6) is 5.75 Å². The van der Waals surface area contributed by atoms with Crippen LogP contribution in [-0.2, 0) is 6.54 Å². The molecule has 1 aromatic heterocycles. The third-order valence-electron chi connectivity index (χ3n) is 5.51. The number of carbonyl (C=O) groups excluding carboxylic acids is 1. The number of likely N-dealkylation sites (N-methyl/N-ethyl adjacent to an activating group) is 1. The van der Waals surface area contributed by atoms with Crippen molar-refractivity contribution in [3.63, 3.8) is 0 Å². The van der Waals surface area contributed by atoms with Crippen LogP contribution in [0, 0.1) is 0 Å². The second-order valence-corrected chi connectivity index (χ2v) is 8.18. The van der Waals surface area contributed by atoms with Crippen LogP contribution >= 0.6 is 0 Å². The molecule has 170 valence electrons. The van der Waals surface area contributed by atoms with Crippen molar-refractivity contribution in [3.05, 3.63) is 71.9 Å². The zero-order valence-electron chi connectivity index (χ0n) is 19.3. The molecule has 5 nitrogen and oxygen atoms in total. The molecule has 0 amide bonds. The number of aliphatic hydroxyl groups excluding tert-OH is 1. The molecule has 32 heavy (non-hydrogen) atoms. The molecular formula is C27H34N2O3. The van der Waals surface area contributed by atoms with Gasteiger partial charge in [-0.3, -0.25) is 4.79 Å². The molecule has 1 atom stereocenters. The molecule has 0 aliphatic rings. The topological polar surface area (TPSA) is 54.7 Å². The number of rotatable bonds is 12. The van der Waals surface area contributed by atoms with Gasteiger partial charge < -0.3 is 19.3 Å². The molecule has 3 aromatic rings. The maximum atomic E-state index is 12.6. The highest BCUT2D eigenvalue weighted by Crippen LogP contribution is 2.23. The first-order valence-corrected chi connectivity index (χ1v) is 11.4. The minimum absolute atomic E-state index is 0.0533. The van der Waals surface area contributed by atoms with E-state index in [0.717, 1.165) is 41.6 Å². The summed E-state index contributed by atoms with van der Waals surface area (Å²) in [7, 11) is 2.05. The van der Waals surface area contributed by atoms with Crippen LogP contribution in [0.2, 0.25) is 0 Å². The summed E-state index contributed by atoms with van der Waals surface area (Å²) in [5.41, 5.74) is 2.64. The largest absolute Gasteiger partial charge is 0.494 e. The predicted molar refractivity (Wildman–Crippen MR) is 131 cm³/mol. The molecule has 0 spiro atoms. The van der Waals surface area contributed by atoms with E-state index in [1.807, 2.05) is 56.6 Å².